The average Bonchev–Trinajstić information content (AvgIpc) is 2.46. The SMILES string of the molecule is CCCCCCCCOC(=O)[C@H]1CC[C@H](C(=O)O)CC1. The molecule has 0 heterocycles. The Labute approximate surface area is 121 Å². The summed E-state index contributed by atoms with van der Waals surface area (Å²) in [5.74, 6) is -1.20. The van der Waals surface area contributed by atoms with Crippen LogP contribution in [0.5, 0.6) is 0 Å². The number of carbonyl (C=O) groups is 2. The Balaban J connectivity index is 2.04. The Hall–Kier alpha value is -1.06. The quantitative estimate of drug-likeness (QED) is 0.517. The zero-order valence-corrected chi connectivity index (χ0v) is 12.6. The molecular formula is C16H28O4. The molecule has 4 heteroatoms. The van der Waals surface area contributed by atoms with Gasteiger partial charge in [0.1, 0.15) is 0 Å². The van der Waals surface area contributed by atoms with Crippen molar-refractivity contribution in [2.45, 2.75) is 71.1 Å². The highest BCUT2D eigenvalue weighted by molar-refractivity contribution is 5.74. The highest BCUT2D eigenvalue weighted by Gasteiger charge is 2.30. The lowest BCUT2D eigenvalue weighted by Crippen LogP contribution is -2.27. The van der Waals surface area contributed by atoms with Crippen molar-refractivity contribution >= 4 is 11.9 Å². The lowest BCUT2D eigenvalue weighted by molar-refractivity contribution is -0.152. The molecule has 116 valence electrons. The number of carboxylic acids is 1. The van der Waals surface area contributed by atoms with Crippen LogP contribution in [0.3, 0.4) is 0 Å². The zero-order chi connectivity index (χ0) is 14.8. The summed E-state index contributed by atoms with van der Waals surface area (Å²) in [6, 6.07) is 0. The van der Waals surface area contributed by atoms with Crippen LogP contribution in [-0.4, -0.2) is 23.7 Å². The Morgan fingerprint density at radius 3 is 2.10 bits per heavy atom. The first-order chi connectivity index (χ1) is 9.65. The molecule has 1 fully saturated rings. The lowest BCUT2D eigenvalue weighted by atomic mass is 9.82. The molecule has 0 bridgehead atoms. The number of unbranched alkanes of at least 4 members (excludes halogenated alkanes) is 5. The average molecular weight is 284 g/mol. The van der Waals surface area contributed by atoms with Crippen LogP contribution in [0.15, 0.2) is 0 Å². The molecule has 0 amide bonds. The predicted molar refractivity (Wildman–Crippen MR) is 77.4 cm³/mol. The highest BCUT2D eigenvalue weighted by atomic mass is 16.5. The van der Waals surface area contributed by atoms with E-state index >= 15 is 0 Å². The van der Waals surface area contributed by atoms with E-state index in [-0.39, 0.29) is 17.8 Å². The van der Waals surface area contributed by atoms with E-state index < -0.39 is 5.97 Å². The van der Waals surface area contributed by atoms with Crippen molar-refractivity contribution in [1.29, 1.82) is 0 Å². The second kappa shape index (κ2) is 9.78. The second-order valence-corrected chi connectivity index (χ2v) is 5.82. The van der Waals surface area contributed by atoms with Crippen LogP contribution in [0.1, 0.15) is 71.1 Å². The molecule has 0 unspecified atom stereocenters. The minimum absolute atomic E-state index is 0.0781. The van der Waals surface area contributed by atoms with Gasteiger partial charge in [0.05, 0.1) is 18.4 Å². The van der Waals surface area contributed by atoms with Crippen molar-refractivity contribution in [2.75, 3.05) is 6.61 Å². The molecule has 0 atom stereocenters. The van der Waals surface area contributed by atoms with Gasteiger partial charge in [0.15, 0.2) is 0 Å². The van der Waals surface area contributed by atoms with Crippen molar-refractivity contribution in [3.8, 4) is 0 Å². The van der Waals surface area contributed by atoms with Gasteiger partial charge in [0.25, 0.3) is 0 Å². The number of aliphatic carboxylic acids is 1. The maximum atomic E-state index is 11.8. The molecule has 4 nitrogen and oxygen atoms in total. The van der Waals surface area contributed by atoms with Crippen LogP contribution >= 0.6 is 0 Å². The highest BCUT2D eigenvalue weighted by Crippen LogP contribution is 2.29. The second-order valence-electron chi connectivity index (χ2n) is 5.82. The lowest BCUT2D eigenvalue weighted by Gasteiger charge is -2.24. The summed E-state index contributed by atoms with van der Waals surface area (Å²) in [4.78, 5) is 22.7. The molecule has 1 rings (SSSR count). The first-order valence-electron chi connectivity index (χ1n) is 8.04. The standard InChI is InChI=1S/C16H28O4/c1-2-3-4-5-6-7-12-20-16(19)14-10-8-13(9-11-14)15(17)18/h13-14H,2-12H2,1H3,(H,17,18)/t13-,14-. The third-order valence-electron chi connectivity index (χ3n) is 4.15. The van der Waals surface area contributed by atoms with Crippen LogP contribution in [0, 0.1) is 11.8 Å². The van der Waals surface area contributed by atoms with E-state index in [0.29, 0.717) is 32.3 Å². The number of hydrogen-bond acceptors (Lipinski definition) is 3. The first-order valence-corrected chi connectivity index (χ1v) is 8.04. The first kappa shape index (κ1) is 17.0. The van der Waals surface area contributed by atoms with Gasteiger partial charge in [-0.3, -0.25) is 9.59 Å². The molecule has 0 aromatic heterocycles. The fourth-order valence-electron chi connectivity index (χ4n) is 2.75. The molecule has 0 aromatic rings. The van der Waals surface area contributed by atoms with Crippen LogP contribution in [0.4, 0.5) is 0 Å². The van der Waals surface area contributed by atoms with E-state index in [1.165, 1.54) is 25.7 Å². The number of esters is 1. The summed E-state index contributed by atoms with van der Waals surface area (Å²) in [6.45, 7) is 2.71. The van der Waals surface area contributed by atoms with E-state index in [1.54, 1.807) is 0 Å². The Morgan fingerprint density at radius 2 is 1.50 bits per heavy atom. The summed E-state index contributed by atoms with van der Waals surface area (Å²) in [5, 5.41) is 8.91. The van der Waals surface area contributed by atoms with Gasteiger partial charge in [-0.25, -0.2) is 0 Å². The number of carboxylic acid groups (broad SMARTS) is 1. The van der Waals surface area contributed by atoms with Crippen LogP contribution in [0.2, 0.25) is 0 Å². The maximum Gasteiger partial charge on any atom is 0.308 e. The number of hydrogen-bond donors (Lipinski definition) is 1. The van der Waals surface area contributed by atoms with Gasteiger partial charge < -0.3 is 9.84 Å². The fourth-order valence-corrected chi connectivity index (χ4v) is 2.75. The fraction of sp³-hybridized carbons (Fsp3) is 0.875. The van der Waals surface area contributed by atoms with E-state index in [4.69, 9.17) is 9.84 Å². The third-order valence-corrected chi connectivity index (χ3v) is 4.15. The van der Waals surface area contributed by atoms with E-state index in [2.05, 4.69) is 6.92 Å². The molecule has 1 saturated carbocycles. The van der Waals surface area contributed by atoms with Crippen molar-refractivity contribution in [3.63, 3.8) is 0 Å². The van der Waals surface area contributed by atoms with Crippen molar-refractivity contribution in [3.05, 3.63) is 0 Å². The summed E-state index contributed by atoms with van der Waals surface area (Å²) >= 11 is 0. The monoisotopic (exact) mass is 284 g/mol. The van der Waals surface area contributed by atoms with Crippen LogP contribution in [-0.2, 0) is 14.3 Å². The van der Waals surface area contributed by atoms with Crippen molar-refractivity contribution < 1.29 is 19.4 Å². The third kappa shape index (κ3) is 6.40. The summed E-state index contributed by atoms with van der Waals surface area (Å²) in [6.07, 6.45) is 9.61. The molecule has 0 aromatic carbocycles. The van der Waals surface area contributed by atoms with Gasteiger partial charge >= 0.3 is 11.9 Å². The number of rotatable bonds is 9. The minimum Gasteiger partial charge on any atom is -0.481 e. The van der Waals surface area contributed by atoms with Gasteiger partial charge in [0, 0.05) is 0 Å². The molecule has 20 heavy (non-hydrogen) atoms. The van der Waals surface area contributed by atoms with Crippen molar-refractivity contribution in [2.24, 2.45) is 11.8 Å². The maximum absolute atomic E-state index is 11.8. The van der Waals surface area contributed by atoms with Gasteiger partial charge in [-0.05, 0) is 32.1 Å². The zero-order valence-electron chi connectivity index (χ0n) is 12.6. The predicted octanol–water partition coefficient (Wildman–Crippen LogP) is 3.78. The molecule has 0 saturated heterocycles. The smallest absolute Gasteiger partial charge is 0.308 e. The van der Waals surface area contributed by atoms with Crippen LogP contribution in [0.25, 0.3) is 0 Å². The van der Waals surface area contributed by atoms with E-state index in [9.17, 15) is 9.59 Å². The largest absolute Gasteiger partial charge is 0.481 e. The normalized spacial score (nSPS) is 22.4. The van der Waals surface area contributed by atoms with Crippen molar-refractivity contribution in [1.82, 2.24) is 0 Å². The molecule has 0 spiro atoms. The van der Waals surface area contributed by atoms with Gasteiger partial charge in [-0.15, -0.1) is 0 Å². The summed E-state index contributed by atoms with van der Waals surface area (Å²) < 4.78 is 5.30. The molecular weight excluding hydrogens is 256 g/mol. The molecule has 1 N–H and O–H groups in total. The van der Waals surface area contributed by atoms with Crippen LogP contribution < -0.4 is 0 Å². The topological polar surface area (TPSA) is 63.6 Å². The van der Waals surface area contributed by atoms with Gasteiger partial charge in [-0.2, -0.15) is 0 Å². The molecule has 0 aliphatic heterocycles. The Bertz CT molecular complexity index is 293. The summed E-state index contributed by atoms with van der Waals surface area (Å²) in [5.41, 5.74) is 0. The number of ether oxygens (including phenoxy) is 1. The molecule has 1 aliphatic rings. The molecule has 0 radical (unpaired) electrons. The van der Waals surface area contributed by atoms with E-state index in [0.717, 1.165) is 12.8 Å². The summed E-state index contributed by atoms with van der Waals surface area (Å²) in [7, 11) is 0. The van der Waals surface area contributed by atoms with Gasteiger partial charge in [0.2, 0.25) is 0 Å². The Morgan fingerprint density at radius 1 is 0.950 bits per heavy atom. The van der Waals surface area contributed by atoms with E-state index in [1.807, 2.05) is 0 Å². The molecule has 1 aliphatic carbocycles. The number of carbonyl (C=O) groups excluding carboxylic acids is 1. The minimum atomic E-state index is -0.733. The Kier molecular flexibility index (Phi) is 8.31. The van der Waals surface area contributed by atoms with Gasteiger partial charge in [-0.1, -0.05) is 39.0 Å².